The van der Waals surface area contributed by atoms with E-state index in [4.69, 9.17) is 9.47 Å². The van der Waals surface area contributed by atoms with E-state index in [9.17, 15) is 13.2 Å². The first-order valence-electron chi connectivity index (χ1n) is 10.5. The fraction of sp³-hybridized carbons (Fsp3) is 0.435. The van der Waals surface area contributed by atoms with E-state index in [1.807, 2.05) is 37.3 Å². The van der Waals surface area contributed by atoms with Gasteiger partial charge in [-0.2, -0.15) is 0 Å². The minimum absolute atomic E-state index is 0.0342. The Balaban J connectivity index is 1.55. The van der Waals surface area contributed by atoms with Crippen LogP contribution in [0.25, 0.3) is 0 Å². The summed E-state index contributed by atoms with van der Waals surface area (Å²) in [6.07, 6.45) is 1.01. The number of hydrogen-bond acceptors (Lipinski definition) is 5. The Hall–Kier alpha value is -2.10. The fourth-order valence-corrected chi connectivity index (χ4v) is 5.64. The average molecular weight is 525 g/mol. The van der Waals surface area contributed by atoms with Crippen molar-refractivity contribution in [2.24, 2.45) is 5.92 Å². The summed E-state index contributed by atoms with van der Waals surface area (Å²) in [7, 11) is -0.268. The fourth-order valence-electron chi connectivity index (χ4n) is 3.82. The van der Waals surface area contributed by atoms with E-state index in [1.54, 1.807) is 26.4 Å². The van der Waals surface area contributed by atoms with Gasteiger partial charge >= 0.3 is 0 Å². The number of nitrogens with one attached hydrogen (secondary N) is 1. The molecule has 0 aromatic heterocycles. The van der Waals surface area contributed by atoms with Crippen LogP contribution in [0.3, 0.4) is 0 Å². The maximum absolute atomic E-state index is 12.8. The van der Waals surface area contributed by atoms with Crippen molar-refractivity contribution in [3.8, 4) is 11.5 Å². The Labute approximate surface area is 198 Å². The van der Waals surface area contributed by atoms with Gasteiger partial charge in [-0.15, -0.1) is 0 Å². The zero-order valence-corrected chi connectivity index (χ0v) is 20.9. The summed E-state index contributed by atoms with van der Waals surface area (Å²) < 4.78 is 38.6. The molecule has 3 rings (SSSR count). The first-order valence-corrected chi connectivity index (χ1v) is 12.9. The molecule has 1 atom stereocenters. The highest BCUT2D eigenvalue weighted by molar-refractivity contribution is 9.10. The molecule has 1 aliphatic heterocycles. The van der Waals surface area contributed by atoms with Crippen LogP contribution in [0.5, 0.6) is 11.5 Å². The number of amides is 1. The summed E-state index contributed by atoms with van der Waals surface area (Å²) >= 11 is 3.36. The van der Waals surface area contributed by atoms with E-state index in [2.05, 4.69) is 21.2 Å². The van der Waals surface area contributed by atoms with E-state index in [-0.39, 0.29) is 23.6 Å². The van der Waals surface area contributed by atoms with Crippen molar-refractivity contribution in [3.63, 3.8) is 0 Å². The van der Waals surface area contributed by atoms with Gasteiger partial charge in [-0.3, -0.25) is 4.79 Å². The summed E-state index contributed by atoms with van der Waals surface area (Å²) in [6.45, 7) is 2.61. The third kappa shape index (κ3) is 6.02. The molecule has 0 saturated carbocycles. The molecule has 0 spiro atoms. The highest BCUT2D eigenvalue weighted by Gasteiger charge is 2.31. The van der Waals surface area contributed by atoms with Crippen molar-refractivity contribution < 1.29 is 22.7 Å². The predicted molar refractivity (Wildman–Crippen MR) is 127 cm³/mol. The molecule has 1 aliphatic rings. The lowest BCUT2D eigenvalue weighted by Gasteiger charge is -2.31. The lowest BCUT2D eigenvalue weighted by Crippen LogP contribution is -2.43. The normalized spacial score (nSPS) is 16.4. The Morgan fingerprint density at radius 3 is 2.31 bits per heavy atom. The number of carbonyl (C=O) groups is 1. The SMILES string of the molecule is COc1ccc([C@@H](C)NC(=O)C2CCN(S(=O)(=O)Cc3ccc(Br)cc3)CC2)cc1OC. The first-order chi connectivity index (χ1) is 15.2. The molecule has 0 bridgehead atoms. The molecule has 9 heteroatoms. The molecule has 174 valence electrons. The van der Waals surface area contributed by atoms with Gasteiger partial charge in [-0.1, -0.05) is 34.1 Å². The van der Waals surface area contributed by atoms with Gasteiger partial charge in [-0.05, 0) is 55.2 Å². The summed E-state index contributed by atoms with van der Waals surface area (Å²) in [5, 5.41) is 3.05. The van der Waals surface area contributed by atoms with Crippen LogP contribution in [0.2, 0.25) is 0 Å². The molecule has 1 amide bonds. The van der Waals surface area contributed by atoms with Crippen molar-refractivity contribution in [1.82, 2.24) is 9.62 Å². The minimum atomic E-state index is -3.42. The maximum atomic E-state index is 12.8. The van der Waals surface area contributed by atoms with Gasteiger partial charge < -0.3 is 14.8 Å². The number of benzene rings is 2. The first kappa shape index (κ1) is 24.5. The highest BCUT2D eigenvalue weighted by atomic mass is 79.9. The lowest BCUT2D eigenvalue weighted by molar-refractivity contribution is -0.126. The van der Waals surface area contributed by atoms with Gasteiger partial charge in [0.25, 0.3) is 0 Å². The molecule has 32 heavy (non-hydrogen) atoms. The predicted octanol–water partition coefficient (Wildman–Crippen LogP) is 3.89. The summed E-state index contributed by atoms with van der Waals surface area (Å²) in [5.74, 6) is 0.934. The molecule has 2 aromatic carbocycles. The molecular formula is C23H29BrN2O5S. The number of ether oxygens (including phenoxy) is 2. The van der Waals surface area contributed by atoms with Crippen LogP contribution < -0.4 is 14.8 Å². The average Bonchev–Trinajstić information content (AvgIpc) is 2.80. The number of hydrogen-bond donors (Lipinski definition) is 1. The van der Waals surface area contributed by atoms with E-state index in [0.717, 1.165) is 15.6 Å². The third-order valence-electron chi connectivity index (χ3n) is 5.75. The minimum Gasteiger partial charge on any atom is -0.493 e. The quantitative estimate of drug-likeness (QED) is 0.566. The summed E-state index contributed by atoms with van der Waals surface area (Å²) in [4.78, 5) is 12.8. The van der Waals surface area contributed by atoms with Crippen LogP contribution in [0.1, 0.15) is 36.9 Å². The standard InChI is InChI=1S/C23H29BrN2O5S/c1-16(19-6-9-21(30-2)22(14-19)31-3)25-23(27)18-10-12-26(13-11-18)32(28,29)15-17-4-7-20(24)8-5-17/h4-9,14,16,18H,10-13,15H2,1-3H3,(H,25,27)/t16-/m1/s1. The third-order valence-corrected chi connectivity index (χ3v) is 8.13. The maximum Gasteiger partial charge on any atom is 0.223 e. The van der Waals surface area contributed by atoms with Gasteiger partial charge in [0.05, 0.1) is 26.0 Å². The number of nitrogens with zero attached hydrogens (tertiary/aromatic N) is 1. The van der Waals surface area contributed by atoms with Crippen molar-refractivity contribution >= 4 is 31.9 Å². The Morgan fingerprint density at radius 2 is 1.72 bits per heavy atom. The monoisotopic (exact) mass is 524 g/mol. The van der Waals surface area contributed by atoms with Crippen LogP contribution in [0, 0.1) is 5.92 Å². The van der Waals surface area contributed by atoms with Crippen LogP contribution in [-0.4, -0.2) is 45.9 Å². The van der Waals surface area contributed by atoms with Crippen LogP contribution in [0.4, 0.5) is 0 Å². The van der Waals surface area contributed by atoms with Crippen molar-refractivity contribution in [2.45, 2.75) is 31.6 Å². The number of halogens is 1. The molecule has 1 fully saturated rings. The number of piperidine rings is 1. The van der Waals surface area contributed by atoms with Crippen LogP contribution >= 0.6 is 15.9 Å². The van der Waals surface area contributed by atoms with E-state index in [0.29, 0.717) is 37.4 Å². The molecule has 1 heterocycles. The Bertz CT molecular complexity index is 1030. The molecule has 7 nitrogen and oxygen atoms in total. The topological polar surface area (TPSA) is 84.9 Å². The number of carbonyl (C=O) groups excluding carboxylic acids is 1. The molecule has 0 radical (unpaired) electrons. The highest BCUT2D eigenvalue weighted by Crippen LogP contribution is 2.30. The smallest absolute Gasteiger partial charge is 0.223 e. The van der Waals surface area contributed by atoms with Gasteiger partial charge in [-0.25, -0.2) is 12.7 Å². The lowest BCUT2D eigenvalue weighted by atomic mass is 9.96. The van der Waals surface area contributed by atoms with Crippen molar-refractivity contribution in [3.05, 3.63) is 58.1 Å². The number of rotatable bonds is 8. The second-order valence-electron chi connectivity index (χ2n) is 7.90. The largest absolute Gasteiger partial charge is 0.493 e. The van der Waals surface area contributed by atoms with Gasteiger partial charge in [0, 0.05) is 23.5 Å². The van der Waals surface area contributed by atoms with E-state index < -0.39 is 10.0 Å². The summed E-state index contributed by atoms with van der Waals surface area (Å²) in [6, 6.07) is 12.6. The molecule has 1 saturated heterocycles. The molecule has 2 aromatic rings. The van der Waals surface area contributed by atoms with Gasteiger partial charge in [0.1, 0.15) is 0 Å². The van der Waals surface area contributed by atoms with Crippen molar-refractivity contribution in [1.29, 1.82) is 0 Å². The second kappa shape index (κ2) is 10.7. The number of methoxy groups -OCH3 is 2. The molecule has 0 unspecified atom stereocenters. The number of sulfonamides is 1. The van der Waals surface area contributed by atoms with Crippen molar-refractivity contribution in [2.75, 3.05) is 27.3 Å². The Morgan fingerprint density at radius 1 is 1.09 bits per heavy atom. The molecule has 0 aliphatic carbocycles. The van der Waals surface area contributed by atoms with Gasteiger partial charge in [0.15, 0.2) is 11.5 Å². The van der Waals surface area contributed by atoms with E-state index in [1.165, 1.54) is 4.31 Å². The van der Waals surface area contributed by atoms with Crippen LogP contribution in [-0.2, 0) is 20.6 Å². The van der Waals surface area contributed by atoms with E-state index >= 15 is 0 Å². The zero-order chi connectivity index (χ0) is 23.3. The zero-order valence-electron chi connectivity index (χ0n) is 18.5. The second-order valence-corrected chi connectivity index (χ2v) is 10.8. The Kier molecular flexibility index (Phi) is 8.19. The van der Waals surface area contributed by atoms with Gasteiger partial charge in [0.2, 0.25) is 15.9 Å². The molecule has 1 N–H and O–H groups in total. The molecular weight excluding hydrogens is 496 g/mol. The summed E-state index contributed by atoms with van der Waals surface area (Å²) in [5.41, 5.74) is 1.65. The van der Waals surface area contributed by atoms with Crippen LogP contribution in [0.15, 0.2) is 46.9 Å².